The molecular weight excluding hydrogens is 919 g/mol. The van der Waals surface area contributed by atoms with Crippen molar-refractivity contribution in [2.75, 3.05) is 13.2 Å². The molecule has 2 N–H and O–H groups in total. The van der Waals surface area contributed by atoms with Gasteiger partial charge >= 0.3 is 17.7 Å². The zero-order valence-electron chi connectivity index (χ0n) is 23.9. The minimum atomic E-state index is -2.52. The Labute approximate surface area is 301 Å². The van der Waals surface area contributed by atoms with Gasteiger partial charge in [-0.3, -0.25) is 0 Å². The molecule has 0 radical (unpaired) electrons. The van der Waals surface area contributed by atoms with Crippen molar-refractivity contribution in [3.05, 3.63) is 107 Å². The SMILES string of the molecule is CC(Cc1ccc2c(c1)OC(C(=O)Oc1cccc(I)c1)(C(=O)Oc1cccc(I)c1)O2)NCC(O)COc1cccc(I)c1. The maximum absolute atomic E-state index is 13.6. The van der Waals surface area contributed by atoms with Crippen LogP contribution in [0.3, 0.4) is 0 Å². The molecule has 1 heterocycles. The highest BCUT2D eigenvalue weighted by Crippen LogP contribution is 2.42. The van der Waals surface area contributed by atoms with E-state index in [1.807, 2.05) is 49.4 Å². The molecule has 45 heavy (non-hydrogen) atoms. The van der Waals surface area contributed by atoms with Crippen molar-refractivity contribution in [3.63, 3.8) is 0 Å². The summed E-state index contributed by atoms with van der Waals surface area (Å²) < 4.78 is 31.4. The lowest BCUT2D eigenvalue weighted by molar-refractivity contribution is -0.190. The molecule has 4 aromatic carbocycles. The molecule has 0 saturated heterocycles. The van der Waals surface area contributed by atoms with Gasteiger partial charge in [-0.25, -0.2) is 9.59 Å². The fourth-order valence-electron chi connectivity index (χ4n) is 4.40. The first-order valence-corrected chi connectivity index (χ1v) is 17.1. The number of fused-ring (bicyclic) bond motifs is 1. The van der Waals surface area contributed by atoms with Crippen LogP contribution in [0, 0.1) is 10.7 Å². The summed E-state index contributed by atoms with van der Waals surface area (Å²) >= 11 is 6.40. The van der Waals surface area contributed by atoms with Crippen LogP contribution in [-0.4, -0.2) is 48.1 Å². The number of halogens is 3. The van der Waals surface area contributed by atoms with Crippen molar-refractivity contribution in [2.24, 2.45) is 0 Å². The minimum Gasteiger partial charge on any atom is -0.491 e. The zero-order valence-corrected chi connectivity index (χ0v) is 30.3. The van der Waals surface area contributed by atoms with Crippen molar-refractivity contribution >= 4 is 79.7 Å². The van der Waals surface area contributed by atoms with Crippen LogP contribution in [0.5, 0.6) is 28.7 Å². The first-order chi connectivity index (χ1) is 21.6. The van der Waals surface area contributed by atoms with Crippen LogP contribution in [-0.2, 0) is 16.0 Å². The summed E-state index contributed by atoms with van der Waals surface area (Å²) in [6.45, 7) is 2.47. The van der Waals surface area contributed by atoms with E-state index in [1.165, 1.54) is 0 Å². The molecule has 0 aliphatic carbocycles. The van der Waals surface area contributed by atoms with E-state index in [0.717, 1.165) is 16.3 Å². The largest absolute Gasteiger partial charge is 0.491 e. The highest BCUT2D eigenvalue weighted by molar-refractivity contribution is 14.1. The number of nitrogens with one attached hydrogen (secondary N) is 1. The molecule has 0 bridgehead atoms. The molecule has 1 aliphatic heterocycles. The summed E-state index contributed by atoms with van der Waals surface area (Å²) in [5, 5.41) is 13.7. The molecule has 9 nitrogen and oxygen atoms in total. The van der Waals surface area contributed by atoms with Gasteiger partial charge < -0.3 is 34.1 Å². The number of hydrogen-bond acceptors (Lipinski definition) is 9. The molecule has 5 rings (SSSR count). The average molecular weight is 947 g/mol. The van der Waals surface area contributed by atoms with Crippen LogP contribution >= 0.6 is 67.8 Å². The average Bonchev–Trinajstić information content (AvgIpc) is 3.40. The van der Waals surface area contributed by atoms with Crippen LogP contribution in [0.2, 0.25) is 0 Å². The maximum atomic E-state index is 13.6. The molecule has 2 atom stereocenters. The first-order valence-electron chi connectivity index (χ1n) is 13.9. The Kier molecular flexibility index (Phi) is 11.4. The summed E-state index contributed by atoms with van der Waals surface area (Å²) in [6.07, 6.45) is -0.144. The second-order valence-electron chi connectivity index (χ2n) is 10.2. The molecule has 0 spiro atoms. The zero-order chi connectivity index (χ0) is 32.0. The van der Waals surface area contributed by atoms with Gasteiger partial charge in [0.15, 0.2) is 11.5 Å². The van der Waals surface area contributed by atoms with E-state index in [4.69, 9.17) is 23.7 Å². The van der Waals surface area contributed by atoms with E-state index >= 15 is 0 Å². The van der Waals surface area contributed by atoms with Gasteiger partial charge in [0.2, 0.25) is 0 Å². The van der Waals surface area contributed by atoms with Crippen molar-refractivity contribution in [2.45, 2.75) is 31.3 Å². The lowest BCUT2D eigenvalue weighted by Crippen LogP contribution is -2.58. The Hall–Kier alpha value is -2.67. The highest BCUT2D eigenvalue weighted by atomic mass is 127. The van der Waals surface area contributed by atoms with Crippen molar-refractivity contribution in [3.8, 4) is 28.7 Å². The van der Waals surface area contributed by atoms with Crippen LogP contribution in [0.4, 0.5) is 0 Å². The smallest absolute Gasteiger partial charge is 0.454 e. The lowest BCUT2D eigenvalue weighted by atomic mass is 10.1. The molecule has 1 aliphatic rings. The standard InChI is InChI=1S/C33H28I3NO8/c1-20(37-18-25(38)19-41-26-8-2-5-22(34)15-26)13-21-11-12-29-30(14-21)45-33(44-29,31(39)42-27-9-3-6-23(35)16-27)32(40)43-28-10-4-7-24(36)17-28/h2-12,14-17,20,25,37-38H,13,18-19H2,1H3. The normalized spacial score (nSPS) is 14.3. The predicted molar refractivity (Wildman–Crippen MR) is 192 cm³/mol. The fourth-order valence-corrected chi connectivity index (χ4v) is 5.95. The van der Waals surface area contributed by atoms with Crippen LogP contribution < -0.4 is 29.0 Å². The number of esters is 2. The summed E-state index contributed by atoms with van der Waals surface area (Å²) in [5.41, 5.74) is 0.856. The van der Waals surface area contributed by atoms with Gasteiger partial charge in [-0.15, -0.1) is 0 Å². The van der Waals surface area contributed by atoms with Crippen LogP contribution in [0.1, 0.15) is 12.5 Å². The van der Waals surface area contributed by atoms with E-state index < -0.39 is 23.8 Å². The summed E-state index contributed by atoms with van der Waals surface area (Å²) in [5.74, 6) is -3.12. The number of carbonyl (C=O) groups excluding carboxylic acids is 2. The third kappa shape index (κ3) is 8.99. The van der Waals surface area contributed by atoms with E-state index in [-0.39, 0.29) is 35.6 Å². The maximum Gasteiger partial charge on any atom is 0.454 e. The summed E-state index contributed by atoms with van der Waals surface area (Å²) in [6, 6.07) is 26.4. The molecule has 4 aromatic rings. The predicted octanol–water partition coefficient (Wildman–Crippen LogP) is 6.14. The second-order valence-corrected chi connectivity index (χ2v) is 14.0. The number of aliphatic hydroxyl groups excluding tert-OH is 1. The van der Waals surface area contributed by atoms with Crippen molar-refractivity contribution < 1.29 is 38.4 Å². The van der Waals surface area contributed by atoms with Crippen LogP contribution in [0.25, 0.3) is 0 Å². The van der Waals surface area contributed by atoms with Gasteiger partial charge in [-0.1, -0.05) is 24.3 Å². The molecule has 2 unspecified atom stereocenters. The fraction of sp³-hybridized carbons (Fsp3) is 0.212. The molecule has 0 saturated carbocycles. The molecular formula is C33H28I3NO8. The van der Waals surface area contributed by atoms with E-state index in [9.17, 15) is 14.7 Å². The topological polar surface area (TPSA) is 113 Å². The number of ether oxygens (including phenoxy) is 5. The van der Waals surface area contributed by atoms with Gasteiger partial charge in [0.25, 0.3) is 0 Å². The highest BCUT2D eigenvalue weighted by Gasteiger charge is 2.60. The second kappa shape index (κ2) is 15.3. The minimum absolute atomic E-state index is 0.0292. The van der Waals surface area contributed by atoms with Gasteiger partial charge in [0.1, 0.15) is 30.0 Å². The van der Waals surface area contributed by atoms with Crippen molar-refractivity contribution in [1.82, 2.24) is 5.32 Å². The number of aliphatic hydroxyl groups is 1. The first kappa shape index (κ1) is 33.7. The third-order valence-electron chi connectivity index (χ3n) is 6.55. The van der Waals surface area contributed by atoms with E-state index in [2.05, 4.69) is 73.1 Å². The van der Waals surface area contributed by atoms with Gasteiger partial charge in [-0.2, -0.15) is 0 Å². The third-order valence-corrected chi connectivity index (χ3v) is 8.56. The molecule has 0 aromatic heterocycles. The Balaban J connectivity index is 1.25. The van der Waals surface area contributed by atoms with Gasteiger partial charge in [-0.05, 0) is 153 Å². The Morgan fingerprint density at radius 3 is 1.89 bits per heavy atom. The molecule has 0 fully saturated rings. The molecule has 234 valence electrons. The molecule has 0 amide bonds. The quantitative estimate of drug-likeness (QED) is 0.0750. The number of benzene rings is 4. The summed E-state index contributed by atoms with van der Waals surface area (Å²) in [4.78, 5) is 27.1. The van der Waals surface area contributed by atoms with Gasteiger partial charge in [0, 0.05) is 23.3 Å². The van der Waals surface area contributed by atoms with E-state index in [0.29, 0.717) is 18.7 Å². The number of hydrogen-bond donors (Lipinski definition) is 2. The van der Waals surface area contributed by atoms with Crippen LogP contribution in [0.15, 0.2) is 91.0 Å². The Morgan fingerprint density at radius 2 is 1.31 bits per heavy atom. The Bertz CT molecular complexity index is 1620. The van der Waals surface area contributed by atoms with Gasteiger partial charge in [0.05, 0.1) is 0 Å². The number of carbonyl (C=O) groups is 2. The lowest BCUT2D eigenvalue weighted by Gasteiger charge is -2.23. The Morgan fingerprint density at radius 1 is 0.778 bits per heavy atom. The van der Waals surface area contributed by atoms with E-state index in [1.54, 1.807) is 48.5 Å². The number of rotatable bonds is 12. The monoisotopic (exact) mass is 947 g/mol. The molecule has 12 heteroatoms. The van der Waals surface area contributed by atoms with Crippen molar-refractivity contribution in [1.29, 1.82) is 0 Å². The summed E-state index contributed by atoms with van der Waals surface area (Å²) in [7, 11) is 0.